The van der Waals surface area contributed by atoms with Crippen LogP contribution in [-0.2, 0) is 6.54 Å². The van der Waals surface area contributed by atoms with Crippen LogP contribution in [0.15, 0.2) is 53.4 Å². The third kappa shape index (κ3) is 4.18. The lowest BCUT2D eigenvalue weighted by Gasteiger charge is -2.10. The van der Waals surface area contributed by atoms with Gasteiger partial charge < -0.3 is 15.2 Å². The van der Waals surface area contributed by atoms with E-state index in [2.05, 4.69) is 12.1 Å². The van der Waals surface area contributed by atoms with E-state index in [1.165, 1.54) is 4.90 Å². The van der Waals surface area contributed by atoms with Crippen molar-refractivity contribution in [3.8, 4) is 11.5 Å². The van der Waals surface area contributed by atoms with Gasteiger partial charge in [0.2, 0.25) is 0 Å². The highest BCUT2D eigenvalue weighted by Gasteiger charge is 2.01. The lowest BCUT2D eigenvalue weighted by atomic mass is 10.2. The van der Waals surface area contributed by atoms with E-state index in [-0.39, 0.29) is 0 Å². The van der Waals surface area contributed by atoms with Crippen molar-refractivity contribution in [3.05, 3.63) is 54.1 Å². The Bertz CT molecular complexity index is 528. The maximum atomic E-state index is 5.77. The van der Waals surface area contributed by atoms with Gasteiger partial charge >= 0.3 is 0 Å². The molecule has 2 aromatic rings. The average Bonchev–Trinajstić information content (AvgIpc) is 2.52. The van der Waals surface area contributed by atoms with Crippen molar-refractivity contribution in [3.63, 3.8) is 0 Å². The standard InChI is InChI=1S/C16H19NO2S/c1-18-14-6-8-15(9-7-14)20-11-10-19-16-5-3-2-4-13(16)12-17/h2-9H,10-12,17H2,1H3. The molecule has 0 fully saturated rings. The fourth-order valence-corrected chi connectivity index (χ4v) is 2.53. The van der Waals surface area contributed by atoms with Crippen LogP contribution in [0.25, 0.3) is 0 Å². The van der Waals surface area contributed by atoms with Gasteiger partial charge in [0.15, 0.2) is 0 Å². The van der Waals surface area contributed by atoms with E-state index in [9.17, 15) is 0 Å². The van der Waals surface area contributed by atoms with Crippen molar-refractivity contribution in [2.45, 2.75) is 11.4 Å². The van der Waals surface area contributed by atoms with Gasteiger partial charge in [0.25, 0.3) is 0 Å². The number of methoxy groups -OCH3 is 1. The number of nitrogens with two attached hydrogens (primary N) is 1. The monoisotopic (exact) mass is 289 g/mol. The number of para-hydroxylation sites is 1. The summed E-state index contributed by atoms with van der Waals surface area (Å²) in [5.74, 6) is 2.65. The van der Waals surface area contributed by atoms with Gasteiger partial charge in [-0.2, -0.15) is 0 Å². The predicted molar refractivity (Wildman–Crippen MR) is 83.5 cm³/mol. The lowest BCUT2D eigenvalue weighted by Crippen LogP contribution is -2.05. The number of benzene rings is 2. The van der Waals surface area contributed by atoms with Crippen molar-refractivity contribution in [1.82, 2.24) is 0 Å². The van der Waals surface area contributed by atoms with Gasteiger partial charge in [0.1, 0.15) is 11.5 Å². The van der Waals surface area contributed by atoms with Crippen molar-refractivity contribution in [2.75, 3.05) is 19.5 Å². The molecule has 0 amide bonds. The summed E-state index contributed by atoms with van der Waals surface area (Å²) in [5.41, 5.74) is 6.72. The molecule has 3 nitrogen and oxygen atoms in total. The molecule has 0 atom stereocenters. The Balaban J connectivity index is 1.78. The Kier molecular flexibility index (Phi) is 5.77. The minimum Gasteiger partial charge on any atom is -0.497 e. The summed E-state index contributed by atoms with van der Waals surface area (Å²) in [5, 5.41) is 0. The van der Waals surface area contributed by atoms with Crippen LogP contribution in [0, 0.1) is 0 Å². The smallest absolute Gasteiger partial charge is 0.123 e. The summed E-state index contributed by atoms with van der Waals surface area (Å²) >= 11 is 1.76. The van der Waals surface area contributed by atoms with Crippen LogP contribution in [-0.4, -0.2) is 19.5 Å². The molecule has 4 heteroatoms. The van der Waals surface area contributed by atoms with Crippen LogP contribution in [0.3, 0.4) is 0 Å². The van der Waals surface area contributed by atoms with Gasteiger partial charge in [-0.3, -0.25) is 0 Å². The zero-order valence-corrected chi connectivity index (χ0v) is 12.4. The Morgan fingerprint density at radius 3 is 2.50 bits per heavy atom. The van der Waals surface area contributed by atoms with Crippen LogP contribution < -0.4 is 15.2 Å². The minimum absolute atomic E-state index is 0.502. The Hall–Kier alpha value is -1.65. The molecule has 0 bridgehead atoms. The van der Waals surface area contributed by atoms with Gasteiger partial charge in [-0.15, -0.1) is 11.8 Å². The van der Waals surface area contributed by atoms with E-state index in [0.717, 1.165) is 22.8 Å². The third-order valence-corrected chi connectivity index (χ3v) is 3.84. The minimum atomic E-state index is 0.502. The summed E-state index contributed by atoms with van der Waals surface area (Å²) in [6.45, 7) is 1.16. The average molecular weight is 289 g/mol. The molecule has 0 saturated carbocycles. The van der Waals surface area contributed by atoms with Gasteiger partial charge in [-0.1, -0.05) is 18.2 Å². The Labute approximate surface area is 124 Å². The third-order valence-electron chi connectivity index (χ3n) is 2.86. The molecule has 106 valence electrons. The second-order valence-corrected chi connectivity index (χ2v) is 5.35. The molecule has 20 heavy (non-hydrogen) atoms. The zero-order valence-electron chi connectivity index (χ0n) is 11.5. The van der Waals surface area contributed by atoms with E-state index in [4.69, 9.17) is 15.2 Å². The molecule has 0 aliphatic carbocycles. The van der Waals surface area contributed by atoms with Gasteiger partial charge in [0, 0.05) is 22.8 Å². The molecule has 0 radical (unpaired) electrons. The lowest BCUT2D eigenvalue weighted by molar-refractivity contribution is 0.340. The van der Waals surface area contributed by atoms with Crippen LogP contribution >= 0.6 is 11.8 Å². The van der Waals surface area contributed by atoms with Crippen LogP contribution in [0.5, 0.6) is 11.5 Å². The number of ether oxygens (including phenoxy) is 2. The molecular formula is C16H19NO2S. The largest absolute Gasteiger partial charge is 0.497 e. The molecule has 0 heterocycles. The molecule has 0 aliphatic heterocycles. The van der Waals surface area contributed by atoms with E-state index in [1.807, 2.05) is 36.4 Å². The fourth-order valence-electron chi connectivity index (χ4n) is 1.80. The molecular weight excluding hydrogens is 270 g/mol. The first-order valence-corrected chi connectivity index (χ1v) is 7.49. The molecule has 2 N–H and O–H groups in total. The summed E-state index contributed by atoms with van der Waals surface area (Å²) < 4.78 is 10.9. The van der Waals surface area contributed by atoms with E-state index < -0.39 is 0 Å². The van der Waals surface area contributed by atoms with Crippen LogP contribution in [0.1, 0.15) is 5.56 Å². The van der Waals surface area contributed by atoms with E-state index >= 15 is 0 Å². The molecule has 0 unspecified atom stereocenters. The molecule has 0 saturated heterocycles. The highest BCUT2D eigenvalue weighted by molar-refractivity contribution is 7.99. The summed E-state index contributed by atoms with van der Waals surface area (Å²) in [6.07, 6.45) is 0. The van der Waals surface area contributed by atoms with E-state index in [0.29, 0.717) is 13.2 Å². The first-order chi connectivity index (χ1) is 9.83. The summed E-state index contributed by atoms with van der Waals surface area (Å²) in [6, 6.07) is 15.9. The van der Waals surface area contributed by atoms with Crippen molar-refractivity contribution in [2.24, 2.45) is 5.73 Å². The first kappa shape index (κ1) is 14.8. The molecule has 2 rings (SSSR count). The SMILES string of the molecule is COc1ccc(SCCOc2ccccc2CN)cc1. The predicted octanol–water partition coefficient (Wildman–Crippen LogP) is 3.33. The Morgan fingerprint density at radius 2 is 1.80 bits per heavy atom. The molecule has 0 spiro atoms. The van der Waals surface area contributed by atoms with Gasteiger partial charge in [-0.05, 0) is 30.3 Å². The quantitative estimate of drug-likeness (QED) is 0.627. The van der Waals surface area contributed by atoms with Crippen molar-refractivity contribution >= 4 is 11.8 Å². The summed E-state index contributed by atoms with van der Waals surface area (Å²) in [7, 11) is 1.67. The van der Waals surface area contributed by atoms with Crippen molar-refractivity contribution < 1.29 is 9.47 Å². The zero-order chi connectivity index (χ0) is 14.2. The summed E-state index contributed by atoms with van der Waals surface area (Å²) in [4.78, 5) is 1.21. The second-order valence-electron chi connectivity index (χ2n) is 4.18. The second kappa shape index (κ2) is 7.82. The van der Waals surface area contributed by atoms with Crippen LogP contribution in [0.2, 0.25) is 0 Å². The van der Waals surface area contributed by atoms with E-state index in [1.54, 1.807) is 18.9 Å². The fraction of sp³-hybridized carbons (Fsp3) is 0.250. The maximum absolute atomic E-state index is 5.77. The maximum Gasteiger partial charge on any atom is 0.123 e. The Morgan fingerprint density at radius 1 is 1.05 bits per heavy atom. The van der Waals surface area contributed by atoms with Crippen molar-refractivity contribution in [1.29, 1.82) is 0 Å². The number of hydrogen-bond acceptors (Lipinski definition) is 4. The topological polar surface area (TPSA) is 44.5 Å². The normalized spacial score (nSPS) is 10.3. The highest BCUT2D eigenvalue weighted by atomic mass is 32.2. The highest BCUT2D eigenvalue weighted by Crippen LogP contribution is 2.22. The van der Waals surface area contributed by atoms with Gasteiger partial charge in [0.05, 0.1) is 13.7 Å². The number of thioether (sulfide) groups is 1. The number of rotatable bonds is 7. The molecule has 0 aromatic heterocycles. The molecule has 0 aliphatic rings. The molecule has 2 aromatic carbocycles. The van der Waals surface area contributed by atoms with Crippen LogP contribution in [0.4, 0.5) is 0 Å². The first-order valence-electron chi connectivity index (χ1n) is 6.51. The number of hydrogen-bond donors (Lipinski definition) is 1. The van der Waals surface area contributed by atoms with Gasteiger partial charge in [-0.25, -0.2) is 0 Å².